The molecule has 0 atom stereocenters. The molecule has 0 aliphatic heterocycles. The first-order valence-corrected chi connectivity index (χ1v) is 7.16. The molecule has 124 valence electrons. The lowest BCUT2D eigenvalue weighted by molar-refractivity contribution is 0.0520. The highest BCUT2D eigenvalue weighted by atomic mass is 35.5. The average Bonchev–Trinajstić information content (AvgIpc) is 2.41. The molecule has 0 aliphatic rings. The average molecular weight is 332 g/mol. The smallest absolute Gasteiger partial charge is 0.407 e. The van der Waals surface area contributed by atoms with Gasteiger partial charge in [0.2, 0.25) is 0 Å². The second-order valence-electron chi connectivity index (χ2n) is 5.42. The highest BCUT2D eigenvalue weighted by molar-refractivity contribution is 6.32. The van der Waals surface area contributed by atoms with Crippen LogP contribution in [0.3, 0.4) is 0 Å². The van der Waals surface area contributed by atoms with E-state index in [1.54, 1.807) is 32.9 Å². The first kappa shape index (κ1) is 18.2. The Kier molecular flexibility index (Phi) is 6.61. The van der Waals surface area contributed by atoms with E-state index in [0.717, 1.165) is 0 Å². The molecule has 22 heavy (non-hydrogen) atoms. The Morgan fingerprint density at radius 2 is 1.91 bits per heavy atom. The topological polar surface area (TPSA) is 66.0 Å². The van der Waals surface area contributed by atoms with Gasteiger partial charge in [0.25, 0.3) is 0 Å². The van der Waals surface area contributed by atoms with Gasteiger partial charge in [-0.1, -0.05) is 11.6 Å². The summed E-state index contributed by atoms with van der Waals surface area (Å²) >= 11 is 6.07. The maximum absolute atomic E-state index is 11.5. The van der Waals surface area contributed by atoms with E-state index >= 15 is 0 Å². The normalized spacial score (nSPS) is 10.8. The number of hydrogen-bond acceptors (Lipinski definition) is 5. The molecule has 0 saturated heterocycles. The van der Waals surface area contributed by atoms with Crippen LogP contribution in [-0.2, 0) is 4.74 Å². The molecular formula is C15H22ClNO5. The fourth-order valence-electron chi connectivity index (χ4n) is 1.61. The highest BCUT2D eigenvalue weighted by Gasteiger charge is 2.15. The quantitative estimate of drug-likeness (QED) is 0.810. The van der Waals surface area contributed by atoms with Crippen LogP contribution in [0.4, 0.5) is 4.79 Å². The molecule has 0 bridgehead atoms. The maximum Gasteiger partial charge on any atom is 0.407 e. The highest BCUT2D eigenvalue weighted by Crippen LogP contribution is 2.38. The second kappa shape index (κ2) is 7.98. The van der Waals surface area contributed by atoms with Gasteiger partial charge in [0.1, 0.15) is 18.0 Å². The van der Waals surface area contributed by atoms with Crippen molar-refractivity contribution in [3.8, 4) is 17.2 Å². The van der Waals surface area contributed by atoms with E-state index in [4.69, 9.17) is 30.5 Å². The number of halogens is 1. The van der Waals surface area contributed by atoms with Crippen molar-refractivity contribution in [2.45, 2.75) is 26.4 Å². The molecule has 0 unspecified atom stereocenters. The number of methoxy groups -OCH3 is 2. The predicted molar refractivity (Wildman–Crippen MR) is 84.3 cm³/mol. The van der Waals surface area contributed by atoms with Crippen molar-refractivity contribution in [1.82, 2.24) is 5.32 Å². The van der Waals surface area contributed by atoms with Gasteiger partial charge < -0.3 is 24.3 Å². The van der Waals surface area contributed by atoms with Gasteiger partial charge in [-0.25, -0.2) is 4.79 Å². The number of nitrogens with one attached hydrogen (secondary N) is 1. The van der Waals surface area contributed by atoms with Crippen LogP contribution < -0.4 is 19.5 Å². The van der Waals surface area contributed by atoms with Crippen LogP contribution in [-0.4, -0.2) is 39.1 Å². The minimum atomic E-state index is -0.526. The fraction of sp³-hybridized carbons (Fsp3) is 0.533. The Hall–Kier alpha value is -1.82. The third kappa shape index (κ3) is 5.89. The third-order valence-electron chi connectivity index (χ3n) is 2.45. The Morgan fingerprint density at radius 1 is 1.23 bits per heavy atom. The molecular weight excluding hydrogens is 310 g/mol. The van der Waals surface area contributed by atoms with Crippen molar-refractivity contribution < 1.29 is 23.7 Å². The Bertz CT molecular complexity index is 513. The lowest BCUT2D eigenvalue weighted by atomic mass is 10.2. The maximum atomic E-state index is 11.5. The molecule has 1 N–H and O–H groups in total. The molecule has 0 fully saturated rings. The zero-order chi connectivity index (χ0) is 16.8. The van der Waals surface area contributed by atoms with Crippen molar-refractivity contribution in [2.24, 2.45) is 0 Å². The summed E-state index contributed by atoms with van der Waals surface area (Å²) in [7, 11) is 3.02. The molecule has 0 aliphatic carbocycles. The van der Waals surface area contributed by atoms with Crippen LogP contribution in [0.25, 0.3) is 0 Å². The number of rotatable bonds is 6. The summed E-state index contributed by atoms with van der Waals surface area (Å²) < 4.78 is 20.9. The first-order valence-electron chi connectivity index (χ1n) is 6.78. The molecule has 0 heterocycles. The van der Waals surface area contributed by atoms with Crippen molar-refractivity contribution in [3.05, 3.63) is 17.2 Å². The number of benzene rings is 1. The lowest BCUT2D eigenvalue weighted by Crippen LogP contribution is -2.34. The molecule has 1 aromatic carbocycles. The molecule has 0 saturated carbocycles. The van der Waals surface area contributed by atoms with Crippen LogP contribution in [0, 0.1) is 0 Å². The molecule has 1 rings (SSSR count). The van der Waals surface area contributed by atoms with Crippen LogP contribution in [0.2, 0.25) is 5.02 Å². The third-order valence-corrected chi connectivity index (χ3v) is 2.73. The van der Waals surface area contributed by atoms with Crippen molar-refractivity contribution in [2.75, 3.05) is 27.4 Å². The van der Waals surface area contributed by atoms with E-state index in [-0.39, 0.29) is 6.61 Å². The van der Waals surface area contributed by atoms with E-state index < -0.39 is 11.7 Å². The van der Waals surface area contributed by atoms with Gasteiger partial charge in [0.05, 0.1) is 25.8 Å². The number of alkyl carbamates (subject to hydrolysis) is 1. The van der Waals surface area contributed by atoms with E-state index in [1.165, 1.54) is 14.2 Å². The van der Waals surface area contributed by atoms with Crippen LogP contribution in [0.15, 0.2) is 12.1 Å². The summed E-state index contributed by atoms with van der Waals surface area (Å²) in [5.41, 5.74) is -0.526. The van der Waals surface area contributed by atoms with Crippen LogP contribution >= 0.6 is 11.6 Å². The number of hydrogen-bond donors (Lipinski definition) is 1. The standard InChI is InChI=1S/C15H22ClNO5/c1-15(2,3)22-14(18)17-6-7-21-10-8-11(16)13(20-5)12(9-10)19-4/h8-9H,6-7H2,1-5H3,(H,17,18). The van der Waals surface area contributed by atoms with Gasteiger partial charge in [0, 0.05) is 12.1 Å². The Morgan fingerprint density at radius 3 is 2.45 bits per heavy atom. The van der Waals surface area contributed by atoms with Crippen molar-refractivity contribution in [3.63, 3.8) is 0 Å². The number of amides is 1. The minimum Gasteiger partial charge on any atom is -0.493 e. The summed E-state index contributed by atoms with van der Waals surface area (Å²) in [6, 6.07) is 3.29. The van der Waals surface area contributed by atoms with E-state index in [9.17, 15) is 4.79 Å². The molecule has 0 aromatic heterocycles. The van der Waals surface area contributed by atoms with Crippen molar-refractivity contribution >= 4 is 17.7 Å². The minimum absolute atomic E-state index is 0.269. The van der Waals surface area contributed by atoms with Gasteiger partial charge in [-0.15, -0.1) is 0 Å². The van der Waals surface area contributed by atoms with Gasteiger partial charge >= 0.3 is 6.09 Å². The fourth-order valence-corrected chi connectivity index (χ4v) is 1.89. The van der Waals surface area contributed by atoms with Gasteiger partial charge in [-0.05, 0) is 20.8 Å². The number of ether oxygens (including phenoxy) is 4. The summed E-state index contributed by atoms with van der Waals surface area (Å²) in [6.45, 7) is 5.98. The molecule has 0 radical (unpaired) electrons. The molecule has 1 amide bonds. The number of carbonyl (C=O) groups is 1. The Balaban J connectivity index is 2.49. The summed E-state index contributed by atoms with van der Waals surface area (Å²) in [5.74, 6) is 1.45. The molecule has 6 nitrogen and oxygen atoms in total. The molecule has 1 aromatic rings. The van der Waals surface area contributed by atoms with E-state index in [0.29, 0.717) is 28.8 Å². The number of carbonyl (C=O) groups excluding carboxylic acids is 1. The zero-order valence-electron chi connectivity index (χ0n) is 13.5. The molecule has 7 heteroatoms. The van der Waals surface area contributed by atoms with Crippen LogP contribution in [0.1, 0.15) is 20.8 Å². The monoisotopic (exact) mass is 331 g/mol. The summed E-state index contributed by atoms with van der Waals surface area (Å²) in [5, 5.41) is 2.99. The summed E-state index contributed by atoms with van der Waals surface area (Å²) in [6.07, 6.45) is -0.485. The Labute approximate surface area is 135 Å². The van der Waals surface area contributed by atoms with Crippen molar-refractivity contribution in [1.29, 1.82) is 0 Å². The second-order valence-corrected chi connectivity index (χ2v) is 5.82. The summed E-state index contributed by atoms with van der Waals surface area (Å²) in [4.78, 5) is 11.5. The first-order chi connectivity index (χ1) is 10.3. The van der Waals surface area contributed by atoms with E-state index in [1.807, 2.05) is 0 Å². The van der Waals surface area contributed by atoms with Gasteiger partial charge in [-0.3, -0.25) is 0 Å². The molecule has 0 spiro atoms. The zero-order valence-corrected chi connectivity index (χ0v) is 14.2. The van der Waals surface area contributed by atoms with E-state index in [2.05, 4.69) is 5.32 Å². The predicted octanol–water partition coefficient (Wildman–Crippen LogP) is 3.26. The van der Waals surface area contributed by atoms with Crippen LogP contribution in [0.5, 0.6) is 17.2 Å². The SMILES string of the molecule is COc1cc(OCCNC(=O)OC(C)(C)C)cc(Cl)c1OC. The lowest BCUT2D eigenvalue weighted by Gasteiger charge is -2.19. The van der Waals surface area contributed by atoms with Gasteiger partial charge in [-0.2, -0.15) is 0 Å². The largest absolute Gasteiger partial charge is 0.493 e. The van der Waals surface area contributed by atoms with Gasteiger partial charge in [0.15, 0.2) is 11.5 Å².